The Balaban J connectivity index is 4.34. The fourth-order valence-corrected chi connectivity index (χ4v) is 1.44. The van der Waals surface area contributed by atoms with Crippen LogP contribution in [0.3, 0.4) is 0 Å². The lowest BCUT2D eigenvalue weighted by atomic mass is 10.1. The summed E-state index contributed by atoms with van der Waals surface area (Å²) in [4.78, 5) is 11.6. The van der Waals surface area contributed by atoms with Crippen LogP contribution in [0.15, 0.2) is 0 Å². The summed E-state index contributed by atoms with van der Waals surface area (Å²) in [7, 11) is 0. The number of alkyl halides is 3. The van der Waals surface area contributed by atoms with Crippen molar-refractivity contribution in [2.24, 2.45) is 11.8 Å². The molecule has 0 fully saturated rings. The van der Waals surface area contributed by atoms with Crippen molar-refractivity contribution in [3.63, 3.8) is 0 Å². The molecule has 1 atom stereocenters. The van der Waals surface area contributed by atoms with E-state index in [1.54, 1.807) is 0 Å². The Labute approximate surface area is 118 Å². The summed E-state index contributed by atoms with van der Waals surface area (Å²) >= 11 is 17.3. The number of carbonyl (C=O) groups is 1. The molecule has 1 amide bonds. The number of ether oxygens (including phenoxy) is 1. The Bertz CT molecular complexity index is 239. The van der Waals surface area contributed by atoms with Crippen LogP contribution in [0, 0.1) is 11.8 Å². The van der Waals surface area contributed by atoms with Crippen molar-refractivity contribution in [2.75, 3.05) is 6.61 Å². The molecule has 17 heavy (non-hydrogen) atoms. The molecular weight excluding hydrogens is 284 g/mol. The van der Waals surface area contributed by atoms with Gasteiger partial charge in [-0.25, -0.2) is 0 Å². The SMILES string of the molecule is CC(C)COC(NC(=O)CC(C)C)C(Cl)(Cl)Cl. The van der Waals surface area contributed by atoms with Gasteiger partial charge in [0.1, 0.15) is 0 Å². The van der Waals surface area contributed by atoms with Crippen LogP contribution in [0.1, 0.15) is 34.1 Å². The van der Waals surface area contributed by atoms with Gasteiger partial charge in [0, 0.05) is 6.42 Å². The van der Waals surface area contributed by atoms with Crippen LogP contribution in [0.2, 0.25) is 0 Å². The van der Waals surface area contributed by atoms with Crippen molar-refractivity contribution in [1.29, 1.82) is 0 Å². The average Bonchev–Trinajstić information content (AvgIpc) is 2.08. The Kier molecular flexibility index (Phi) is 7.81. The first-order valence-electron chi connectivity index (χ1n) is 5.60. The van der Waals surface area contributed by atoms with Gasteiger partial charge in [-0.2, -0.15) is 0 Å². The summed E-state index contributed by atoms with van der Waals surface area (Å²) in [5, 5.41) is 2.59. The van der Waals surface area contributed by atoms with E-state index >= 15 is 0 Å². The van der Waals surface area contributed by atoms with E-state index in [-0.39, 0.29) is 11.8 Å². The van der Waals surface area contributed by atoms with Crippen LogP contribution in [0.5, 0.6) is 0 Å². The van der Waals surface area contributed by atoms with Gasteiger partial charge < -0.3 is 10.1 Å². The molecule has 102 valence electrons. The van der Waals surface area contributed by atoms with Crippen molar-refractivity contribution in [3.8, 4) is 0 Å². The lowest BCUT2D eigenvalue weighted by Crippen LogP contribution is -2.46. The molecule has 0 bridgehead atoms. The van der Waals surface area contributed by atoms with Gasteiger partial charge in [-0.3, -0.25) is 4.79 Å². The van der Waals surface area contributed by atoms with Crippen LogP contribution in [-0.2, 0) is 9.53 Å². The summed E-state index contributed by atoms with van der Waals surface area (Å²) in [6, 6.07) is 0. The highest BCUT2D eigenvalue weighted by Crippen LogP contribution is 2.31. The van der Waals surface area contributed by atoms with E-state index in [4.69, 9.17) is 39.5 Å². The Hall–Kier alpha value is 0.300. The molecule has 0 saturated carbocycles. The van der Waals surface area contributed by atoms with E-state index < -0.39 is 10.0 Å². The summed E-state index contributed by atoms with van der Waals surface area (Å²) in [5.74, 6) is 0.364. The highest BCUT2D eigenvalue weighted by Gasteiger charge is 2.35. The molecule has 1 N–H and O–H groups in total. The zero-order valence-electron chi connectivity index (χ0n) is 10.6. The number of halogens is 3. The van der Waals surface area contributed by atoms with E-state index in [0.717, 1.165) is 0 Å². The maximum Gasteiger partial charge on any atom is 0.234 e. The number of carbonyl (C=O) groups excluding carboxylic acids is 1. The normalized spacial score (nSPS) is 14.2. The third-order valence-corrected chi connectivity index (χ3v) is 2.37. The summed E-state index contributed by atoms with van der Waals surface area (Å²) < 4.78 is 3.73. The molecular formula is C11H20Cl3NO2. The lowest BCUT2D eigenvalue weighted by Gasteiger charge is -2.26. The highest BCUT2D eigenvalue weighted by atomic mass is 35.6. The zero-order chi connectivity index (χ0) is 13.6. The minimum absolute atomic E-state index is 0.180. The summed E-state index contributed by atoms with van der Waals surface area (Å²) in [6.07, 6.45) is -0.538. The van der Waals surface area contributed by atoms with Crippen LogP contribution in [0.25, 0.3) is 0 Å². The molecule has 0 spiro atoms. The first-order chi connectivity index (χ1) is 7.62. The van der Waals surface area contributed by atoms with Crippen LogP contribution < -0.4 is 5.32 Å². The molecule has 0 aliphatic rings. The molecule has 0 aliphatic carbocycles. The van der Waals surface area contributed by atoms with Crippen molar-refractivity contribution in [2.45, 2.75) is 44.1 Å². The topological polar surface area (TPSA) is 38.3 Å². The smallest absolute Gasteiger partial charge is 0.234 e. The molecule has 0 saturated heterocycles. The number of rotatable bonds is 6. The standard InChI is InChI=1S/C11H20Cl3NO2/c1-7(2)5-9(16)15-10(11(12,13)14)17-6-8(3)4/h7-8,10H,5-6H2,1-4H3,(H,15,16). The molecule has 1 unspecified atom stereocenters. The fraction of sp³-hybridized carbons (Fsp3) is 0.909. The first-order valence-corrected chi connectivity index (χ1v) is 6.74. The molecule has 3 nitrogen and oxygen atoms in total. The van der Waals surface area contributed by atoms with Gasteiger partial charge in [-0.1, -0.05) is 62.5 Å². The minimum atomic E-state index is -1.67. The van der Waals surface area contributed by atoms with Crippen LogP contribution >= 0.6 is 34.8 Å². The van der Waals surface area contributed by atoms with E-state index in [1.165, 1.54) is 0 Å². The predicted molar refractivity (Wildman–Crippen MR) is 72.5 cm³/mol. The van der Waals surface area contributed by atoms with Gasteiger partial charge in [0.15, 0.2) is 6.23 Å². The van der Waals surface area contributed by atoms with E-state index in [1.807, 2.05) is 27.7 Å². The highest BCUT2D eigenvalue weighted by molar-refractivity contribution is 6.68. The monoisotopic (exact) mass is 303 g/mol. The Morgan fingerprint density at radius 1 is 1.18 bits per heavy atom. The molecule has 0 aliphatic heterocycles. The fourth-order valence-electron chi connectivity index (χ4n) is 1.08. The van der Waals surface area contributed by atoms with E-state index in [2.05, 4.69) is 5.32 Å². The maximum atomic E-state index is 11.6. The van der Waals surface area contributed by atoms with Crippen molar-refractivity contribution in [3.05, 3.63) is 0 Å². The lowest BCUT2D eigenvalue weighted by molar-refractivity contribution is -0.126. The second-order valence-corrected chi connectivity index (χ2v) is 7.18. The predicted octanol–water partition coefficient (Wildman–Crippen LogP) is 3.52. The van der Waals surface area contributed by atoms with Gasteiger partial charge in [0.05, 0.1) is 6.61 Å². The molecule has 0 heterocycles. The molecule has 0 rings (SSSR count). The Morgan fingerprint density at radius 3 is 2.06 bits per heavy atom. The van der Waals surface area contributed by atoms with Crippen molar-refractivity contribution >= 4 is 40.7 Å². The maximum absolute atomic E-state index is 11.6. The third kappa shape index (κ3) is 8.95. The van der Waals surface area contributed by atoms with Gasteiger partial charge in [0.2, 0.25) is 9.70 Å². The number of hydrogen-bond acceptors (Lipinski definition) is 2. The second-order valence-electron chi connectivity index (χ2n) is 4.81. The third-order valence-electron chi connectivity index (χ3n) is 1.78. The molecule has 0 aromatic rings. The molecule has 0 aromatic carbocycles. The largest absolute Gasteiger partial charge is 0.354 e. The number of hydrogen-bond donors (Lipinski definition) is 1. The quantitative estimate of drug-likeness (QED) is 0.602. The summed E-state index contributed by atoms with van der Waals surface area (Å²) in [5.41, 5.74) is 0. The molecule has 6 heteroatoms. The zero-order valence-corrected chi connectivity index (χ0v) is 12.9. The minimum Gasteiger partial charge on any atom is -0.354 e. The Morgan fingerprint density at radius 2 is 1.71 bits per heavy atom. The van der Waals surface area contributed by atoms with Gasteiger partial charge in [0.25, 0.3) is 0 Å². The van der Waals surface area contributed by atoms with E-state index in [0.29, 0.717) is 18.9 Å². The van der Waals surface area contributed by atoms with Crippen LogP contribution in [0.4, 0.5) is 0 Å². The van der Waals surface area contributed by atoms with Crippen molar-refractivity contribution in [1.82, 2.24) is 5.32 Å². The number of amides is 1. The van der Waals surface area contributed by atoms with E-state index in [9.17, 15) is 4.79 Å². The molecule has 0 aromatic heterocycles. The molecule has 0 radical (unpaired) electrons. The number of nitrogens with one attached hydrogen (secondary N) is 1. The van der Waals surface area contributed by atoms with Gasteiger partial charge in [-0.05, 0) is 11.8 Å². The van der Waals surface area contributed by atoms with Crippen molar-refractivity contribution < 1.29 is 9.53 Å². The van der Waals surface area contributed by atoms with Gasteiger partial charge in [-0.15, -0.1) is 0 Å². The summed E-state index contributed by atoms with van der Waals surface area (Å²) in [6.45, 7) is 8.26. The first kappa shape index (κ1) is 17.3. The van der Waals surface area contributed by atoms with Crippen LogP contribution in [-0.4, -0.2) is 22.5 Å². The average molecular weight is 305 g/mol. The van der Waals surface area contributed by atoms with Gasteiger partial charge >= 0.3 is 0 Å². The second kappa shape index (κ2) is 7.67.